The van der Waals surface area contributed by atoms with Gasteiger partial charge in [0, 0.05) is 23.4 Å². The van der Waals surface area contributed by atoms with E-state index in [1.54, 1.807) is 0 Å². The van der Waals surface area contributed by atoms with Crippen LogP contribution in [-0.2, 0) is 0 Å². The molecule has 0 saturated heterocycles. The quantitative estimate of drug-likeness (QED) is 0.600. The molecular weight excluding hydrogens is 220 g/mol. The lowest BCUT2D eigenvalue weighted by Gasteiger charge is -2.21. The van der Waals surface area contributed by atoms with Gasteiger partial charge in [-0.05, 0) is 19.1 Å². The molecule has 3 nitrogen and oxygen atoms in total. The van der Waals surface area contributed by atoms with Crippen LogP contribution in [-0.4, -0.2) is 17.4 Å². The van der Waals surface area contributed by atoms with Gasteiger partial charge in [-0.2, -0.15) is 0 Å². The van der Waals surface area contributed by atoms with E-state index in [4.69, 9.17) is 12.2 Å². The Balaban J connectivity index is 2.29. The predicted molar refractivity (Wildman–Crippen MR) is 67.2 cm³/mol. The number of thiocarbonyl (C=S) groups is 1. The van der Waals surface area contributed by atoms with Crippen LogP contribution in [0, 0.1) is 0 Å². The van der Waals surface area contributed by atoms with Crippen molar-refractivity contribution in [3.05, 3.63) is 47.2 Å². The van der Waals surface area contributed by atoms with E-state index in [2.05, 4.69) is 10.6 Å². The van der Waals surface area contributed by atoms with E-state index in [0.29, 0.717) is 17.2 Å². The summed E-state index contributed by atoms with van der Waals surface area (Å²) < 4.78 is 0. The van der Waals surface area contributed by atoms with E-state index in [0.717, 1.165) is 11.3 Å². The number of nitrogens with one attached hydrogen (secondary N) is 2. The molecule has 0 aliphatic carbocycles. The van der Waals surface area contributed by atoms with Crippen LogP contribution in [0.15, 0.2) is 41.6 Å². The highest BCUT2D eigenvalue weighted by Gasteiger charge is 2.19. The Morgan fingerprint density at radius 1 is 1.31 bits per heavy atom. The van der Waals surface area contributed by atoms with Crippen LogP contribution in [0.1, 0.15) is 17.3 Å². The highest BCUT2D eigenvalue weighted by Crippen LogP contribution is 2.12. The maximum absolute atomic E-state index is 12.1. The smallest absolute Gasteiger partial charge is 0.192 e. The van der Waals surface area contributed by atoms with Gasteiger partial charge in [0.15, 0.2) is 10.9 Å². The molecule has 0 unspecified atom stereocenters. The zero-order valence-electron chi connectivity index (χ0n) is 8.91. The highest BCUT2D eigenvalue weighted by atomic mass is 32.1. The Hall–Kier alpha value is -1.68. The average Bonchev–Trinajstić information content (AvgIpc) is 2.29. The molecule has 0 amide bonds. The minimum Gasteiger partial charge on any atom is -0.358 e. The van der Waals surface area contributed by atoms with Crippen molar-refractivity contribution >= 4 is 23.1 Å². The molecule has 1 aliphatic heterocycles. The summed E-state index contributed by atoms with van der Waals surface area (Å²) in [4.78, 5) is 12.1. The van der Waals surface area contributed by atoms with Crippen LogP contribution in [0.3, 0.4) is 0 Å². The number of ketones is 1. The average molecular weight is 232 g/mol. The number of allylic oxidation sites excluding steroid dienone is 1. The molecule has 0 spiro atoms. The SMILES string of the molecule is CC1=C(C(=O)c2ccccc2)CNC(=S)N1. The van der Waals surface area contributed by atoms with E-state index in [-0.39, 0.29) is 5.78 Å². The van der Waals surface area contributed by atoms with E-state index in [1.165, 1.54) is 0 Å². The molecule has 1 aliphatic rings. The molecule has 16 heavy (non-hydrogen) atoms. The summed E-state index contributed by atoms with van der Waals surface area (Å²) >= 11 is 4.97. The van der Waals surface area contributed by atoms with Gasteiger partial charge < -0.3 is 10.6 Å². The Labute approximate surface area is 99.5 Å². The molecule has 0 atom stereocenters. The minimum atomic E-state index is 0.0422. The number of carbonyl (C=O) groups is 1. The first-order chi connectivity index (χ1) is 7.68. The lowest BCUT2D eigenvalue weighted by molar-refractivity contribution is 0.103. The third-order valence-corrected chi connectivity index (χ3v) is 2.74. The predicted octanol–water partition coefficient (Wildman–Crippen LogP) is 1.62. The standard InChI is InChI=1S/C12H12N2OS/c1-8-10(7-13-12(16)14-8)11(15)9-5-3-2-4-6-9/h2-6H,7H2,1H3,(H2,13,14,16). The van der Waals surface area contributed by atoms with Crippen LogP contribution < -0.4 is 10.6 Å². The van der Waals surface area contributed by atoms with Crippen molar-refractivity contribution in [2.24, 2.45) is 0 Å². The van der Waals surface area contributed by atoms with Crippen molar-refractivity contribution < 1.29 is 4.79 Å². The van der Waals surface area contributed by atoms with Gasteiger partial charge in [-0.3, -0.25) is 4.79 Å². The lowest BCUT2D eigenvalue weighted by Crippen LogP contribution is -2.42. The molecule has 2 rings (SSSR count). The molecule has 1 aromatic rings. The fourth-order valence-electron chi connectivity index (χ4n) is 1.61. The third kappa shape index (κ3) is 2.12. The molecule has 0 bridgehead atoms. The maximum Gasteiger partial charge on any atom is 0.192 e. The molecule has 82 valence electrons. The van der Waals surface area contributed by atoms with Gasteiger partial charge in [-0.1, -0.05) is 30.3 Å². The summed E-state index contributed by atoms with van der Waals surface area (Å²) in [6.07, 6.45) is 0. The number of rotatable bonds is 2. The largest absolute Gasteiger partial charge is 0.358 e. The van der Waals surface area contributed by atoms with E-state index < -0.39 is 0 Å². The van der Waals surface area contributed by atoms with Crippen LogP contribution in [0.5, 0.6) is 0 Å². The van der Waals surface area contributed by atoms with Crippen LogP contribution >= 0.6 is 12.2 Å². The molecule has 1 heterocycles. The molecular formula is C12H12N2OS. The van der Waals surface area contributed by atoms with Gasteiger partial charge in [0.05, 0.1) is 0 Å². The monoisotopic (exact) mass is 232 g/mol. The summed E-state index contributed by atoms with van der Waals surface area (Å²) in [5.41, 5.74) is 2.27. The number of hydrogen-bond acceptors (Lipinski definition) is 2. The molecule has 2 N–H and O–H groups in total. The lowest BCUT2D eigenvalue weighted by atomic mass is 10.0. The van der Waals surface area contributed by atoms with Gasteiger partial charge in [-0.15, -0.1) is 0 Å². The first-order valence-corrected chi connectivity index (χ1v) is 5.43. The normalized spacial score (nSPS) is 15.4. The Kier molecular flexibility index (Phi) is 3.01. The second-order valence-electron chi connectivity index (χ2n) is 3.61. The van der Waals surface area contributed by atoms with Gasteiger partial charge in [0.1, 0.15) is 0 Å². The summed E-state index contributed by atoms with van der Waals surface area (Å²) in [6.45, 7) is 2.36. The second-order valence-corrected chi connectivity index (χ2v) is 4.01. The topological polar surface area (TPSA) is 41.1 Å². The molecule has 1 aromatic carbocycles. The van der Waals surface area contributed by atoms with Crippen LogP contribution in [0.25, 0.3) is 0 Å². The second kappa shape index (κ2) is 4.45. The Morgan fingerprint density at radius 3 is 2.62 bits per heavy atom. The van der Waals surface area contributed by atoms with Gasteiger partial charge in [0.25, 0.3) is 0 Å². The molecule has 0 radical (unpaired) electrons. The molecule has 0 saturated carbocycles. The number of carbonyl (C=O) groups excluding carboxylic acids is 1. The maximum atomic E-state index is 12.1. The van der Waals surface area contributed by atoms with Crippen molar-refractivity contribution in [1.29, 1.82) is 0 Å². The van der Waals surface area contributed by atoms with E-state index in [1.807, 2.05) is 37.3 Å². The number of hydrogen-bond donors (Lipinski definition) is 2. The van der Waals surface area contributed by atoms with E-state index >= 15 is 0 Å². The fourth-order valence-corrected chi connectivity index (χ4v) is 1.83. The first-order valence-electron chi connectivity index (χ1n) is 5.03. The molecule has 0 aromatic heterocycles. The third-order valence-electron chi connectivity index (χ3n) is 2.49. The summed E-state index contributed by atoms with van der Waals surface area (Å²) in [5.74, 6) is 0.0422. The first kappa shape index (κ1) is 10.8. The summed E-state index contributed by atoms with van der Waals surface area (Å²) in [5, 5.41) is 6.49. The van der Waals surface area contributed by atoms with Gasteiger partial charge in [0.2, 0.25) is 0 Å². The minimum absolute atomic E-state index is 0.0422. The van der Waals surface area contributed by atoms with Crippen molar-refractivity contribution in [1.82, 2.24) is 10.6 Å². The zero-order valence-corrected chi connectivity index (χ0v) is 9.73. The molecule has 0 fully saturated rings. The van der Waals surface area contributed by atoms with Crippen LogP contribution in [0.2, 0.25) is 0 Å². The molecule has 4 heteroatoms. The van der Waals surface area contributed by atoms with Crippen LogP contribution in [0.4, 0.5) is 0 Å². The van der Waals surface area contributed by atoms with Crippen molar-refractivity contribution in [2.75, 3.05) is 6.54 Å². The Morgan fingerprint density at radius 2 is 2.00 bits per heavy atom. The summed E-state index contributed by atoms with van der Waals surface area (Å²) in [7, 11) is 0. The zero-order chi connectivity index (χ0) is 11.5. The fraction of sp³-hybridized carbons (Fsp3) is 0.167. The van der Waals surface area contributed by atoms with Crippen molar-refractivity contribution in [3.63, 3.8) is 0 Å². The highest BCUT2D eigenvalue weighted by molar-refractivity contribution is 7.80. The Bertz CT molecular complexity index is 465. The van der Waals surface area contributed by atoms with Gasteiger partial charge in [-0.25, -0.2) is 0 Å². The summed E-state index contributed by atoms with van der Waals surface area (Å²) in [6, 6.07) is 9.24. The number of benzene rings is 1. The van der Waals surface area contributed by atoms with E-state index in [9.17, 15) is 4.79 Å². The number of Topliss-reactive ketones (excluding diaryl/α,β-unsaturated/α-hetero) is 1. The van der Waals surface area contributed by atoms with Gasteiger partial charge >= 0.3 is 0 Å². The van der Waals surface area contributed by atoms with Crippen molar-refractivity contribution in [2.45, 2.75) is 6.92 Å². The van der Waals surface area contributed by atoms with Crippen molar-refractivity contribution in [3.8, 4) is 0 Å².